The van der Waals surface area contributed by atoms with E-state index in [1.807, 2.05) is 25.1 Å². The highest BCUT2D eigenvalue weighted by Crippen LogP contribution is 1.98. The van der Waals surface area contributed by atoms with Gasteiger partial charge in [0.25, 0.3) is 0 Å². The summed E-state index contributed by atoms with van der Waals surface area (Å²) in [6, 6.07) is 10.6. The normalized spacial score (nSPS) is 12.1. The summed E-state index contributed by atoms with van der Waals surface area (Å²) in [6.07, 6.45) is 3.09. The van der Waals surface area contributed by atoms with Crippen molar-refractivity contribution in [1.82, 2.24) is 10.6 Å². The van der Waals surface area contributed by atoms with Crippen molar-refractivity contribution in [1.29, 1.82) is 0 Å². The monoisotopic (exact) mass is 248 g/mol. The average molecular weight is 248 g/mol. The molecule has 1 unspecified atom stereocenters. The molecule has 0 aliphatic rings. The van der Waals surface area contributed by atoms with Gasteiger partial charge in [-0.1, -0.05) is 43.7 Å². The van der Waals surface area contributed by atoms with E-state index in [4.69, 9.17) is 0 Å². The molecule has 0 saturated carbocycles. The quantitative estimate of drug-likeness (QED) is 0.692. The Balaban J connectivity index is 2.09. The minimum atomic E-state index is 0.0870. The topological polar surface area (TPSA) is 41.1 Å². The molecule has 0 aliphatic carbocycles. The highest BCUT2D eigenvalue weighted by Gasteiger charge is 2.05. The van der Waals surface area contributed by atoms with Crippen LogP contribution in [0.25, 0.3) is 0 Å². The molecule has 1 rings (SSSR count). The van der Waals surface area contributed by atoms with Crippen LogP contribution in [0.4, 0.5) is 0 Å². The molecule has 1 atom stereocenters. The van der Waals surface area contributed by atoms with Crippen molar-refractivity contribution in [3.8, 4) is 0 Å². The van der Waals surface area contributed by atoms with Crippen molar-refractivity contribution in [2.45, 2.75) is 39.2 Å². The maximum atomic E-state index is 11.6. The van der Waals surface area contributed by atoms with Crippen LogP contribution in [0.1, 0.15) is 32.3 Å². The fourth-order valence-corrected chi connectivity index (χ4v) is 1.91. The van der Waals surface area contributed by atoms with Crippen LogP contribution < -0.4 is 10.6 Å². The molecule has 1 aromatic carbocycles. The van der Waals surface area contributed by atoms with Gasteiger partial charge in [0.15, 0.2) is 0 Å². The third-order valence-corrected chi connectivity index (χ3v) is 2.85. The Morgan fingerprint density at radius 3 is 2.67 bits per heavy atom. The molecule has 18 heavy (non-hydrogen) atoms. The molecule has 0 aliphatic heterocycles. The fourth-order valence-electron chi connectivity index (χ4n) is 1.91. The van der Waals surface area contributed by atoms with Gasteiger partial charge < -0.3 is 10.6 Å². The number of carbonyl (C=O) groups is 1. The van der Waals surface area contributed by atoms with Crippen LogP contribution in [0, 0.1) is 0 Å². The Labute approximate surface area is 110 Å². The summed E-state index contributed by atoms with van der Waals surface area (Å²) in [5.41, 5.74) is 1.30. The van der Waals surface area contributed by atoms with Crippen molar-refractivity contribution in [3.05, 3.63) is 35.9 Å². The van der Waals surface area contributed by atoms with Crippen LogP contribution in [0.15, 0.2) is 30.3 Å². The van der Waals surface area contributed by atoms with Crippen LogP contribution >= 0.6 is 0 Å². The first-order valence-corrected chi connectivity index (χ1v) is 6.76. The third-order valence-electron chi connectivity index (χ3n) is 2.85. The molecule has 1 amide bonds. The van der Waals surface area contributed by atoms with Crippen molar-refractivity contribution >= 4 is 5.91 Å². The summed E-state index contributed by atoms with van der Waals surface area (Å²) in [5, 5.41) is 6.15. The van der Waals surface area contributed by atoms with Gasteiger partial charge in [0, 0.05) is 6.04 Å². The summed E-state index contributed by atoms with van der Waals surface area (Å²) >= 11 is 0. The van der Waals surface area contributed by atoms with Crippen molar-refractivity contribution in [2.75, 3.05) is 13.1 Å². The maximum Gasteiger partial charge on any atom is 0.234 e. The minimum absolute atomic E-state index is 0.0870. The van der Waals surface area contributed by atoms with Crippen LogP contribution in [0.5, 0.6) is 0 Å². The Bertz CT molecular complexity index is 338. The average Bonchev–Trinajstić information content (AvgIpc) is 2.36. The van der Waals surface area contributed by atoms with E-state index in [-0.39, 0.29) is 11.9 Å². The number of hydrogen-bond donors (Lipinski definition) is 2. The summed E-state index contributed by atoms with van der Waals surface area (Å²) in [5.74, 6) is 0.0870. The molecule has 3 nitrogen and oxygen atoms in total. The zero-order chi connectivity index (χ0) is 13.2. The van der Waals surface area contributed by atoms with Gasteiger partial charge in [0.05, 0.1) is 6.54 Å². The van der Waals surface area contributed by atoms with Crippen LogP contribution in [0.3, 0.4) is 0 Å². The summed E-state index contributed by atoms with van der Waals surface area (Å²) in [4.78, 5) is 11.6. The van der Waals surface area contributed by atoms with E-state index in [1.54, 1.807) is 0 Å². The third kappa shape index (κ3) is 6.40. The second-order valence-electron chi connectivity index (χ2n) is 4.67. The standard InChI is InChI=1S/C15H24N2O/c1-3-7-13(2)17-15(18)12-16-11-10-14-8-5-4-6-9-14/h4-6,8-9,13,16H,3,7,10-12H2,1-2H3,(H,17,18). The lowest BCUT2D eigenvalue weighted by atomic mass is 10.1. The zero-order valence-corrected chi connectivity index (χ0v) is 11.4. The SMILES string of the molecule is CCCC(C)NC(=O)CNCCc1ccccc1. The Kier molecular flexibility index (Phi) is 7.11. The lowest BCUT2D eigenvalue weighted by Crippen LogP contribution is -2.39. The second-order valence-corrected chi connectivity index (χ2v) is 4.67. The Morgan fingerprint density at radius 1 is 1.28 bits per heavy atom. The molecule has 0 spiro atoms. The van der Waals surface area contributed by atoms with E-state index >= 15 is 0 Å². The molecule has 3 heteroatoms. The Morgan fingerprint density at radius 2 is 2.00 bits per heavy atom. The smallest absolute Gasteiger partial charge is 0.234 e. The number of amides is 1. The molecule has 1 aromatic rings. The molecule has 0 heterocycles. The van der Waals surface area contributed by atoms with Gasteiger partial charge in [-0.2, -0.15) is 0 Å². The van der Waals surface area contributed by atoms with Crippen molar-refractivity contribution in [2.24, 2.45) is 0 Å². The highest BCUT2D eigenvalue weighted by molar-refractivity contribution is 5.78. The number of nitrogens with one attached hydrogen (secondary N) is 2. The number of benzene rings is 1. The van der Waals surface area contributed by atoms with E-state index in [0.29, 0.717) is 6.54 Å². The molecular weight excluding hydrogens is 224 g/mol. The predicted octanol–water partition coefficient (Wildman–Crippen LogP) is 2.12. The van der Waals surface area contributed by atoms with Crippen LogP contribution in [-0.4, -0.2) is 25.0 Å². The summed E-state index contributed by atoms with van der Waals surface area (Å²) in [6.45, 7) is 5.41. The molecular formula is C15H24N2O. The lowest BCUT2D eigenvalue weighted by Gasteiger charge is -2.13. The van der Waals surface area contributed by atoms with Gasteiger partial charge in [0.2, 0.25) is 5.91 Å². The molecule has 0 radical (unpaired) electrons. The van der Waals surface area contributed by atoms with E-state index < -0.39 is 0 Å². The number of hydrogen-bond acceptors (Lipinski definition) is 2. The first kappa shape index (κ1) is 14.7. The number of rotatable bonds is 8. The van der Waals surface area contributed by atoms with E-state index in [0.717, 1.165) is 25.8 Å². The van der Waals surface area contributed by atoms with Crippen molar-refractivity contribution in [3.63, 3.8) is 0 Å². The summed E-state index contributed by atoms with van der Waals surface area (Å²) in [7, 11) is 0. The lowest BCUT2D eigenvalue weighted by molar-refractivity contribution is -0.120. The van der Waals surface area contributed by atoms with Gasteiger partial charge in [-0.15, -0.1) is 0 Å². The van der Waals surface area contributed by atoms with Gasteiger partial charge in [-0.3, -0.25) is 4.79 Å². The van der Waals surface area contributed by atoms with Crippen molar-refractivity contribution < 1.29 is 4.79 Å². The predicted molar refractivity (Wildman–Crippen MR) is 75.5 cm³/mol. The molecule has 2 N–H and O–H groups in total. The Hall–Kier alpha value is -1.35. The maximum absolute atomic E-state index is 11.6. The molecule has 0 fully saturated rings. The van der Waals surface area contributed by atoms with Gasteiger partial charge in [-0.05, 0) is 31.9 Å². The van der Waals surface area contributed by atoms with Crippen LogP contribution in [0.2, 0.25) is 0 Å². The zero-order valence-electron chi connectivity index (χ0n) is 11.4. The van der Waals surface area contributed by atoms with E-state index in [1.165, 1.54) is 5.56 Å². The second kappa shape index (κ2) is 8.70. The van der Waals surface area contributed by atoms with E-state index in [9.17, 15) is 4.79 Å². The first-order valence-electron chi connectivity index (χ1n) is 6.76. The van der Waals surface area contributed by atoms with Gasteiger partial charge in [0.1, 0.15) is 0 Å². The fraction of sp³-hybridized carbons (Fsp3) is 0.533. The van der Waals surface area contributed by atoms with E-state index in [2.05, 4.69) is 29.7 Å². The minimum Gasteiger partial charge on any atom is -0.353 e. The molecule has 100 valence electrons. The molecule has 0 aromatic heterocycles. The summed E-state index contributed by atoms with van der Waals surface area (Å²) < 4.78 is 0. The number of carbonyl (C=O) groups excluding carboxylic acids is 1. The molecule has 0 saturated heterocycles. The molecule has 0 bridgehead atoms. The van der Waals surface area contributed by atoms with Crippen LogP contribution in [-0.2, 0) is 11.2 Å². The highest BCUT2D eigenvalue weighted by atomic mass is 16.1. The largest absolute Gasteiger partial charge is 0.353 e. The van der Waals surface area contributed by atoms with Gasteiger partial charge >= 0.3 is 0 Å². The first-order chi connectivity index (χ1) is 8.72. The van der Waals surface area contributed by atoms with Gasteiger partial charge in [-0.25, -0.2) is 0 Å².